The van der Waals surface area contributed by atoms with Crippen LogP contribution >= 0.6 is 0 Å². The van der Waals surface area contributed by atoms with Crippen LogP contribution in [0.5, 0.6) is 0 Å². The van der Waals surface area contributed by atoms with Crippen molar-refractivity contribution in [1.82, 2.24) is 0 Å². The van der Waals surface area contributed by atoms with Crippen molar-refractivity contribution in [3.63, 3.8) is 0 Å². The van der Waals surface area contributed by atoms with Crippen LogP contribution < -0.4 is 0 Å². The molecule has 1 rings (SSSR count). The van der Waals surface area contributed by atoms with E-state index in [0.717, 1.165) is 13.0 Å². The summed E-state index contributed by atoms with van der Waals surface area (Å²) in [5.74, 6) is 2.56. The van der Waals surface area contributed by atoms with Crippen LogP contribution in [-0.4, -0.2) is 12.2 Å². The van der Waals surface area contributed by atoms with E-state index in [1.54, 1.807) is 0 Å². The van der Waals surface area contributed by atoms with Crippen molar-refractivity contribution >= 4 is 0 Å². The Bertz CT molecular complexity index is 106. The molecule has 1 saturated heterocycles. The van der Waals surface area contributed by atoms with Gasteiger partial charge < -0.3 is 4.74 Å². The van der Waals surface area contributed by atoms with Gasteiger partial charge in [0.1, 0.15) is 5.60 Å². The Balaban J connectivity index is 2.48. The maximum absolute atomic E-state index is 5.09. The Hall–Kier alpha value is -0.480. The van der Waals surface area contributed by atoms with Crippen molar-refractivity contribution < 1.29 is 4.74 Å². The molecule has 1 heterocycles. The van der Waals surface area contributed by atoms with E-state index in [9.17, 15) is 0 Å². The van der Waals surface area contributed by atoms with Gasteiger partial charge in [-0.2, -0.15) is 0 Å². The summed E-state index contributed by atoms with van der Waals surface area (Å²) < 4.78 is 5.03. The molecule has 1 aliphatic heterocycles. The maximum atomic E-state index is 5.09. The van der Waals surface area contributed by atoms with E-state index in [-0.39, 0.29) is 5.60 Å². The quantitative estimate of drug-likeness (QED) is 0.405. The van der Waals surface area contributed by atoms with Gasteiger partial charge in [0, 0.05) is 6.42 Å². The normalized spacial score (nSPS) is 38.9. The van der Waals surface area contributed by atoms with E-state index >= 15 is 0 Å². The number of terminal acetylenes is 1. The SMILES string of the molecule is C#CC1(C)CCO1. The van der Waals surface area contributed by atoms with Crippen LogP contribution in [-0.2, 0) is 4.74 Å². The second kappa shape index (κ2) is 1.24. The first-order valence-corrected chi connectivity index (χ1v) is 2.39. The summed E-state index contributed by atoms with van der Waals surface area (Å²) in [5.41, 5.74) is -0.208. The molecular weight excluding hydrogens is 88.1 g/mol. The predicted octanol–water partition coefficient (Wildman–Crippen LogP) is 0.799. The van der Waals surface area contributed by atoms with Gasteiger partial charge in [-0.25, -0.2) is 0 Å². The minimum absolute atomic E-state index is 0.208. The van der Waals surface area contributed by atoms with Crippen LogP contribution in [0.3, 0.4) is 0 Å². The van der Waals surface area contributed by atoms with Crippen molar-refractivity contribution in [3.05, 3.63) is 0 Å². The van der Waals surface area contributed by atoms with Gasteiger partial charge in [0.05, 0.1) is 6.61 Å². The maximum Gasteiger partial charge on any atom is 0.127 e. The minimum Gasteiger partial charge on any atom is -0.362 e. The lowest BCUT2D eigenvalue weighted by atomic mass is 9.99. The number of hydrogen-bond acceptors (Lipinski definition) is 1. The van der Waals surface area contributed by atoms with E-state index in [4.69, 9.17) is 11.2 Å². The Morgan fingerprint density at radius 1 is 1.86 bits per heavy atom. The zero-order valence-corrected chi connectivity index (χ0v) is 4.40. The average Bonchev–Trinajstić information content (AvgIpc) is 1.61. The first-order valence-electron chi connectivity index (χ1n) is 2.39. The zero-order chi connectivity index (χ0) is 5.33. The van der Waals surface area contributed by atoms with Crippen LogP contribution in [0.4, 0.5) is 0 Å². The molecule has 1 unspecified atom stereocenters. The summed E-state index contributed by atoms with van der Waals surface area (Å²) in [6.45, 7) is 2.76. The molecule has 0 amide bonds. The molecule has 38 valence electrons. The van der Waals surface area contributed by atoms with Gasteiger partial charge in [0.15, 0.2) is 0 Å². The lowest BCUT2D eigenvalue weighted by Crippen LogP contribution is -2.38. The van der Waals surface area contributed by atoms with Gasteiger partial charge in [0.2, 0.25) is 0 Å². The molecule has 1 atom stereocenters. The van der Waals surface area contributed by atoms with Crippen LogP contribution in [0, 0.1) is 12.3 Å². The van der Waals surface area contributed by atoms with E-state index in [0.29, 0.717) is 0 Å². The molecule has 0 aromatic heterocycles. The fraction of sp³-hybridized carbons (Fsp3) is 0.667. The van der Waals surface area contributed by atoms with Crippen molar-refractivity contribution in [1.29, 1.82) is 0 Å². The Labute approximate surface area is 43.7 Å². The summed E-state index contributed by atoms with van der Waals surface area (Å²) in [6, 6.07) is 0. The second-order valence-corrected chi connectivity index (χ2v) is 1.97. The molecule has 0 spiro atoms. The predicted molar refractivity (Wildman–Crippen MR) is 27.8 cm³/mol. The van der Waals surface area contributed by atoms with Crippen molar-refractivity contribution in [2.24, 2.45) is 0 Å². The molecule has 0 radical (unpaired) electrons. The molecular formula is C6H8O. The van der Waals surface area contributed by atoms with Crippen LogP contribution in [0.15, 0.2) is 0 Å². The summed E-state index contributed by atoms with van der Waals surface area (Å²) in [5, 5.41) is 0. The molecule has 7 heavy (non-hydrogen) atoms. The molecule has 1 heteroatoms. The number of ether oxygens (including phenoxy) is 1. The molecule has 1 fully saturated rings. The Morgan fingerprint density at radius 2 is 2.43 bits per heavy atom. The third-order valence-electron chi connectivity index (χ3n) is 1.31. The van der Waals surface area contributed by atoms with Gasteiger partial charge in [-0.1, -0.05) is 5.92 Å². The summed E-state index contributed by atoms with van der Waals surface area (Å²) in [4.78, 5) is 0. The van der Waals surface area contributed by atoms with Crippen molar-refractivity contribution in [3.8, 4) is 12.3 Å². The van der Waals surface area contributed by atoms with Gasteiger partial charge >= 0.3 is 0 Å². The third-order valence-corrected chi connectivity index (χ3v) is 1.31. The van der Waals surface area contributed by atoms with Crippen molar-refractivity contribution in [2.75, 3.05) is 6.61 Å². The second-order valence-electron chi connectivity index (χ2n) is 1.97. The van der Waals surface area contributed by atoms with E-state index < -0.39 is 0 Å². The standard InChI is InChI=1S/C6H8O/c1-3-6(2)4-5-7-6/h1H,4-5H2,2H3. The fourth-order valence-corrected chi connectivity index (χ4v) is 0.522. The van der Waals surface area contributed by atoms with Crippen molar-refractivity contribution in [2.45, 2.75) is 18.9 Å². The van der Waals surface area contributed by atoms with Crippen LogP contribution in [0.2, 0.25) is 0 Å². The monoisotopic (exact) mass is 96.1 g/mol. The molecule has 0 N–H and O–H groups in total. The highest BCUT2D eigenvalue weighted by Crippen LogP contribution is 2.23. The summed E-state index contributed by atoms with van der Waals surface area (Å²) in [6.07, 6.45) is 6.11. The molecule has 0 bridgehead atoms. The highest BCUT2D eigenvalue weighted by Gasteiger charge is 2.29. The topological polar surface area (TPSA) is 9.23 Å². The lowest BCUT2D eigenvalue weighted by Gasteiger charge is -2.33. The van der Waals surface area contributed by atoms with Gasteiger partial charge in [-0.15, -0.1) is 6.42 Å². The Morgan fingerprint density at radius 3 is 2.43 bits per heavy atom. The molecule has 1 aliphatic rings. The largest absolute Gasteiger partial charge is 0.362 e. The van der Waals surface area contributed by atoms with Gasteiger partial charge in [-0.3, -0.25) is 0 Å². The molecule has 0 aromatic carbocycles. The first kappa shape index (κ1) is 4.67. The summed E-state index contributed by atoms with van der Waals surface area (Å²) in [7, 11) is 0. The highest BCUT2D eigenvalue weighted by molar-refractivity contribution is 5.09. The Kier molecular flexibility index (Phi) is 0.831. The van der Waals surface area contributed by atoms with E-state index in [2.05, 4.69) is 5.92 Å². The zero-order valence-electron chi connectivity index (χ0n) is 4.40. The van der Waals surface area contributed by atoms with Gasteiger partial charge in [-0.05, 0) is 6.92 Å². The fourth-order valence-electron chi connectivity index (χ4n) is 0.522. The summed E-state index contributed by atoms with van der Waals surface area (Å²) >= 11 is 0. The van der Waals surface area contributed by atoms with Gasteiger partial charge in [0.25, 0.3) is 0 Å². The number of rotatable bonds is 0. The molecule has 0 aromatic rings. The minimum atomic E-state index is -0.208. The highest BCUT2D eigenvalue weighted by atomic mass is 16.5. The number of hydrogen-bond donors (Lipinski definition) is 0. The van der Waals surface area contributed by atoms with E-state index in [1.165, 1.54) is 0 Å². The lowest BCUT2D eigenvalue weighted by molar-refractivity contribution is -0.0911. The van der Waals surface area contributed by atoms with E-state index in [1.807, 2.05) is 6.92 Å². The average molecular weight is 96.1 g/mol. The first-order chi connectivity index (χ1) is 3.27. The van der Waals surface area contributed by atoms with Crippen LogP contribution in [0.1, 0.15) is 13.3 Å². The molecule has 0 saturated carbocycles. The third kappa shape index (κ3) is 0.618. The molecule has 1 nitrogen and oxygen atoms in total. The van der Waals surface area contributed by atoms with Crippen LogP contribution in [0.25, 0.3) is 0 Å². The molecule has 0 aliphatic carbocycles. The smallest absolute Gasteiger partial charge is 0.127 e.